The van der Waals surface area contributed by atoms with Crippen LogP contribution in [0.4, 0.5) is 13.2 Å². The second-order valence-electron chi connectivity index (χ2n) is 17.5. The molecule has 0 aromatic heterocycles. The molecule has 4 aromatic carbocycles. The van der Waals surface area contributed by atoms with Crippen LogP contribution in [0.2, 0.25) is 0 Å². The van der Waals surface area contributed by atoms with Gasteiger partial charge in [-0.05, 0) is 117 Å². The van der Waals surface area contributed by atoms with E-state index in [9.17, 15) is 54.6 Å². The van der Waals surface area contributed by atoms with E-state index in [4.69, 9.17) is 42.6 Å². The van der Waals surface area contributed by atoms with Gasteiger partial charge < -0.3 is 63.5 Å². The van der Waals surface area contributed by atoms with Crippen LogP contribution < -0.4 is 29.6 Å². The van der Waals surface area contributed by atoms with Gasteiger partial charge in [0.2, 0.25) is 20.0 Å². The Morgan fingerprint density at radius 1 is 0.524 bits per heavy atom. The number of sulfonamides is 2. The molecule has 2 atom stereocenters. The predicted octanol–water partition coefficient (Wildman–Crippen LogP) is 4.78. The number of amides is 2. The highest BCUT2D eigenvalue weighted by atomic mass is 32.2. The summed E-state index contributed by atoms with van der Waals surface area (Å²) in [6.07, 6.45) is -0.234. The highest BCUT2D eigenvalue weighted by molar-refractivity contribution is 7.89. The maximum atomic E-state index is 14.7. The molecule has 0 bridgehead atoms. The standard InChI is InChI=1S/C55H71F3N4O18S2/c1-5-38(3)33-41-36-47(57)52(48(58)37-41)80-43-10-14-45(15-11-43)82(70,71)62-20-24-75-28-32-77-30-26-73-22-18-60-54(66)51(64)50(63)53(65)59-17-21-72-25-29-76-31-27-74-23-19-61-81(68,69)44-12-8-42(9-13-44)79-49-16-7-40(35-46(49)56)34-39(4)55(67)78-6-2/h7-16,33-37,50-51,61-64H,5-6,17-32H2,1-4H3,(H,59,65)(H,60,66)/b38-33+,39-34+/t50-,51-/m1/s1. The van der Waals surface area contributed by atoms with Gasteiger partial charge >= 0.3 is 5.97 Å². The van der Waals surface area contributed by atoms with Crippen molar-refractivity contribution >= 4 is 50.0 Å². The Hall–Kier alpha value is -6.34. The van der Waals surface area contributed by atoms with E-state index in [1.165, 1.54) is 66.7 Å². The summed E-state index contributed by atoms with van der Waals surface area (Å²) in [5.74, 6) is -5.48. The fourth-order valence-corrected chi connectivity index (χ4v) is 8.77. The van der Waals surface area contributed by atoms with Crippen LogP contribution in [0, 0.1) is 17.5 Å². The number of rotatable bonds is 40. The van der Waals surface area contributed by atoms with Gasteiger partial charge in [0.25, 0.3) is 11.8 Å². The summed E-state index contributed by atoms with van der Waals surface area (Å²) in [5, 5.41) is 24.9. The van der Waals surface area contributed by atoms with Crippen LogP contribution >= 0.6 is 0 Å². The number of hydrogen-bond donors (Lipinski definition) is 6. The largest absolute Gasteiger partial charge is 0.463 e. The number of esters is 1. The lowest BCUT2D eigenvalue weighted by Gasteiger charge is -2.17. The Morgan fingerprint density at radius 2 is 0.927 bits per heavy atom. The fraction of sp³-hybridized carbons (Fsp3) is 0.436. The number of benzene rings is 4. The first-order valence-electron chi connectivity index (χ1n) is 26.0. The quantitative estimate of drug-likeness (QED) is 0.0198. The molecule has 4 rings (SSSR count). The zero-order valence-electron chi connectivity index (χ0n) is 45.9. The van der Waals surface area contributed by atoms with Crippen LogP contribution in [-0.2, 0) is 67.6 Å². The molecule has 0 unspecified atom stereocenters. The number of nitrogens with one attached hydrogen (secondary N) is 4. The van der Waals surface area contributed by atoms with Gasteiger partial charge in [0, 0.05) is 31.8 Å². The van der Waals surface area contributed by atoms with Crippen molar-refractivity contribution in [2.75, 3.05) is 112 Å². The molecule has 0 aliphatic carbocycles. The smallest absolute Gasteiger partial charge is 0.333 e. The number of hydrogen-bond acceptors (Lipinski definition) is 18. The molecular formula is C55H71F3N4O18S2. The highest BCUT2D eigenvalue weighted by Gasteiger charge is 2.30. The van der Waals surface area contributed by atoms with Crippen molar-refractivity contribution in [3.8, 4) is 23.0 Å². The van der Waals surface area contributed by atoms with Crippen molar-refractivity contribution in [1.29, 1.82) is 0 Å². The van der Waals surface area contributed by atoms with Gasteiger partial charge in [0.05, 0.1) is 95.7 Å². The van der Waals surface area contributed by atoms with Gasteiger partial charge in [-0.1, -0.05) is 24.6 Å². The summed E-state index contributed by atoms with van der Waals surface area (Å²) in [7, 11) is -7.82. The van der Waals surface area contributed by atoms with Crippen LogP contribution in [0.25, 0.3) is 12.2 Å². The lowest BCUT2D eigenvalue weighted by atomic mass is 10.1. The molecule has 0 heterocycles. The third kappa shape index (κ3) is 24.6. The summed E-state index contributed by atoms with van der Waals surface area (Å²) >= 11 is 0. The van der Waals surface area contributed by atoms with Crippen molar-refractivity contribution in [2.45, 2.75) is 56.1 Å². The second-order valence-corrected chi connectivity index (χ2v) is 21.0. The van der Waals surface area contributed by atoms with E-state index in [1.807, 2.05) is 13.8 Å². The molecule has 0 aliphatic rings. The molecule has 452 valence electrons. The highest BCUT2D eigenvalue weighted by Crippen LogP contribution is 2.31. The molecule has 22 nitrogen and oxygen atoms in total. The first kappa shape index (κ1) is 68.2. The van der Waals surface area contributed by atoms with E-state index >= 15 is 0 Å². The molecule has 4 aromatic rings. The fourth-order valence-electron chi connectivity index (χ4n) is 6.74. The van der Waals surface area contributed by atoms with Gasteiger partial charge in [0.15, 0.2) is 41.2 Å². The molecule has 0 saturated heterocycles. The molecule has 0 fully saturated rings. The molecule has 0 aliphatic heterocycles. The molecule has 0 spiro atoms. The zero-order chi connectivity index (χ0) is 59.9. The molecule has 0 radical (unpaired) electrons. The number of allylic oxidation sites excluding steroid dienone is 1. The molecule has 27 heteroatoms. The summed E-state index contributed by atoms with van der Waals surface area (Å²) < 4.78 is 148. The normalized spacial score (nSPS) is 12.9. The minimum absolute atomic E-state index is 0.0264. The average Bonchev–Trinajstić information content (AvgIpc) is 3.66. The number of carbonyl (C=O) groups excluding carboxylic acids is 3. The zero-order valence-corrected chi connectivity index (χ0v) is 47.6. The van der Waals surface area contributed by atoms with Gasteiger partial charge in [-0.2, -0.15) is 0 Å². The molecule has 2 amide bonds. The van der Waals surface area contributed by atoms with E-state index in [0.717, 1.165) is 24.1 Å². The van der Waals surface area contributed by atoms with Crippen molar-refractivity contribution in [1.82, 2.24) is 20.1 Å². The third-order valence-electron chi connectivity index (χ3n) is 11.1. The van der Waals surface area contributed by atoms with E-state index < -0.39 is 73.2 Å². The Morgan fingerprint density at radius 3 is 1.34 bits per heavy atom. The monoisotopic (exact) mass is 1200 g/mol. The van der Waals surface area contributed by atoms with Crippen molar-refractivity contribution in [2.24, 2.45) is 0 Å². The predicted molar refractivity (Wildman–Crippen MR) is 293 cm³/mol. The minimum Gasteiger partial charge on any atom is -0.463 e. The van der Waals surface area contributed by atoms with Gasteiger partial charge in [0.1, 0.15) is 11.5 Å². The molecule has 6 N–H and O–H groups in total. The van der Waals surface area contributed by atoms with Crippen molar-refractivity contribution in [3.05, 3.63) is 119 Å². The number of carbonyl (C=O) groups is 3. The minimum atomic E-state index is -3.93. The molecular weight excluding hydrogens is 1130 g/mol. The van der Waals surface area contributed by atoms with Crippen LogP contribution in [0.1, 0.15) is 45.2 Å². The number of aliphatic hydroxyl groups excluding tert-OH is 2. The first-order chi connectivity index (χ1) is 39.2. The van der Waals surface area contributed by atoms with Crippen LogP contribution in [-0.4, -0.2) is 169 Å². The maximum Gasteiger partial charge on any atom is 0.333 e. The maximum absolute atomic E-state index is 14.7. The van der Waals surface area contributed by atoms with E-state index in [-0.39, 0.29) is 139 Å². The third-order valence-corrected chi connectivity index (χ3v) is 14.1. The summed E-state index contributed by atoms with van der Waals surface area (Å²) in [5.41, 5.74) is 2.03. The van der Waals surface area contributed by atoms with E-state index in [0.29, 0.717) is 16.7 Å². The van der Waals surface area contributed by atoms with Gasteiger partial charge in [-0.15, -0.1) is 0 Å². The summed E-state index contributed by atoms with van der Waals surface area (Å²) in [6, 6.07) is 16.9. The summed E-state index contributed by atoms with van der Waals surface area (Å²) in [6.45, 7) is 8.46. The van der Waals surface area contributed by atoms with E-state index in [2.05, 4.69) is 20.1 Å². The van der Waals surface area contributed by atoms with Gasteiger partial charge in [-0.25, -0.2) is 44.2 Å². The Bertz CT molecular complexity index is 2910. The second kappa shape index (κ2) is 36.3. The number of aliphatic hydroxyl groups is 2. The SMILES string of the molecule is CCOC(=O)/C(C)=C/c1ccc(Oc2ccc(S(=O)(=O)NCCOCCOCCOCCNC(=O)[C@H](O)[C@@H](O)C(=O)NCCOCCOCCOCCNS(=O)(=O)c3ccc(Oc4c(F)cc(/C=C(\C)CC)cc4F)cc3)cc2)c(F)c1. The van der Waals surface area contributed by atoms with Gasteiger partial charge in [-0.3, -0.25) is 9.59 Å². The van der Waals surface area contributed by atoms with Crippen LogP contribution in [0.3, 0.4) is 0 Å². The van der Waals surface area contributed by atoms with Crippen molar-refractivity contribution in [3.63, 3.8) is 0 Å². The first-order valence-corrected chi connectivity index (χ1v) is 29.0. The lowest BCUT2D eigenvalue weighted by molar-refractivity contribution is -0.146. The van der Waals surface area contributed by atoms with Crippen LogP contribution in [0.15, 0.2) is 99.8 Å². The summed E-state index contributed by atoms with van der Waals surface area (Å²) in [4.78, 5) is 36.2. The van der Waals surface area contributed by atoms with Crippen LogP contribution in [0.5, 0.6) is 23.0 Å². The lowest BCUT2D eigenvalue weighted by Crippen LogP contribution is -2.50. The molecule has 82 heavy (non-hydrogen) atoms. The van der Waals surface area contributed by atoms with E-state index in [1.54, 1.807) is 26.0 Å². The topological polar surface area (TPSA) is 291 Å². The Labute approximate surface area is 475 Å². The van der Waals surface area contributed by atoms with Crippen molar-refractivity contribution < 1.29 is 97.2 Å². The molecule has 0 saturated carbocycles. The Balaban J connectivity index is 0.931. The number of ether oxygens (including phenoxy) is 9. The average molecular weight is 1200 g/mol. The Kier molecular flexibility index (Phi) is 30.2. The number of halogens is 3.